The molecule has 1 aromatic heterocycles. The van der Waals surface area contributed by atoms with E-state index < -0.39 is 0 Å². The molecule has 1 rings (SSSR count). The summed E-state index contributed by atoms with van der Waals surface area (Å²) in [7, 11) is 0. The summed E-state index contributed by atoms with van der Waals surface area (Å²) in [5, 5.41) is 4.39. The standard InChI is InChI=1S/C8H16N4/c1-3-7-5-8(6-10-9)12(4-2)11-7/h5,10H,3-4,6,9H2,1-2H3. The third-order valence-electron chi connectivity index (χ3n) is 1.86. The molecule has 0 saturated heterocycles. The van der Waals surface area contributed by atoms with Crippen molar-refractivity contribution in [2.75, 3.05) is 0 Å². The number of aryl methyl sites for hydroxylation is 2. The van der Waals surface area contributed by atoms with Crippen molar-refractivity contribution in [2.24, 2.45) is 5.84 Å². The maximum atomic E-state index is 5.24. The molecule has 0 fully saturated rings. The van der Waals surface area contributed by atoms with Crippen LogP contribution in [-0.4, -0.2) is 9.78 Å². The Morgan fingerprint density at radius 1 is 1.58 bits per heavy atom. The Balaban J connectivity index is 2.84. The lowest BCUT2D eigenvalue weighted by Crippen LogP contribution is -2.22. The number of nitrogens with two attached hydrogens (primary N) is 1. The molecular formula is C8H16N4. The van der Waals surface area contributed by atoms with Gasteiger partial charge in [-0.25, -0.2) is 0 Å². The smallest absolute Gasteiger partial charge is 0.0625 e. The fourth-order valence-corrected chi connectivity index (χ4v) is 1.21. The van der Waals surface area contributed by atoms with Gasteiger partial charge in [0.25, 0.3) is 0 Å². The van der Waals surface area contributed by atoms with E-state index in [1.165, 1.54) is 0 Å². The molecule has 0 radical (unpaired) electrons. The largest absolute Gasteiger partial charge is 0.271 e. The number of nitrogens with one attached hydrogen (secondary N) is 1. The van der Waals surface area contributed by atoms with Crippen LogP contribution in [-0.2, 0) is 19.5 Å². The first-order chi connectivity index (χ1) is 5.81. The van der Waals surface area contributed by atoms with E-state index in [4.69, 9.17) is 5.84 Å². The first-order valence-corrected chi connectivity index (χ1v) is 4.30. The van der Waals surface area contributed by atoms with Crippen LogP contribution in [0.5, 0.6) is 0 Å². The van der Waals surface area contributed by atoms with E-state index in [9.17, 15) is 0 Å². The van der Waals surface area contributed by atoms with Crippen molar-refractivity contribution in [3.63, 3.8) is 0 Å². The van der Waals surface area contributed by atoms with Gasteiger partial charge in [-0.3, -0.25) is 16.0 Å². The van der Waals surface area contributed by atoms with Gasteiger partial charge in [-0.05, 0) is 19.4 Å². The summed E-state index contributed by atoms with van der Waals surface area (Å²) in [6, 6.07) is 2.09. The van der Waals surface area contributed by atoms with Crippen molar-refractivity contribution in [1.29, 1.82) is 0 Å². The van der Waals surface area contributed by atoms with Crippen LogP contribution in [0.15, 0.2) is 6.07 Å². The summed E-state index contributed by atoms with van der Waals surface area (Å²) >= 11 is 0. The van der Waals surface area contributed by atoms with E-state index in [1.807, 2.05) is 4.68 Å². The molecule has 0 bridgehead atoms. The molecule has 0 atom stereocenters. The number of hydrogen-bond donors (Lipinski definition) is 2. The fourth-order valence-electron chi connectivity index (χ4n) is 1.21. The average Bonchev–Trinajstić information content (AvgIpc) is 2.48. The monoisotopic (exact) mass is 168 g/mol. The van der Waals surface area contributed by atoms with Gasteiger partial charge in [-0.1, -0.05) is 6.92 Å². The molecule has 0 aliphatic heterocycles. The van der Waals surface area contributed by atoms with Crippen LogP contribution in [0.3, 0.4) is 0 Å². The van der Waals surface area contributed by atoms with Gasteiger partial charge in [-0.2, -0.15) is 5.10 Å². The van der Waals surface area contributed by atoms with Crippen LogP contribution >= 0.6 is 0 Å². The van der Waals surface area contributed by atoms with Crippen LogP contribution < -0.4 is 11.3 Å². The summed E-state index contributed by atoms with van der Waals surface area (Å²) in [5.41, 5.74) is 4.91. The zero-order valence-corrected chi connectivity index (χ0v) is 7.67. The zero-order chi connectivity index (χ0) is 8.97. The maximum Gasteiger partial charge on any atom is 0.0625 e. The highest BCUT2D eigenvalue weighted by Crippen LogP contribution is 2.04. The molecule has 0 saturated carbocycles. The van der Waals surface area contributed by atoms with Crippen molar-refractivity contribution in [3.05, 3.63) is 17.5 Å². The minimum Gasteiger partial charge on any atom is -0.271 e. The molecule has 4 nitrogen and oxygen atoms in total. The number of aromatic nitrogens is 2. The SMILES string of the molecule is CCc1cc(CNN)n(CC)n1. The van der Waals surface area contributed by atoms with E-state index >= 15 is 0 Å². The highest BCUT2D eigenvalue weighted by molar-refractivity contribution is 5.10. The summed E-state index contributed by atoms with van der Waals surface area (Å²) in [4.78, 5) is 0. The van der Waals surface area contributed by atoms with Crippen LogP contribution in [0, 0.1) is 0 Å². The van der Waals surface area contributed by atoms with Gasteiger partial charge in [-0.15, -0.1) is 0 Å². The molecule has 68 valence electrons. The molecule has 0 aliphatic rings. The van der Waals surface area contributed by atoms with Gasteiger partial charge in [0.2, 0.25) is 0 Å². The Labute approximate surface area is 72.7 Å². The second-order valence-corrected chi connectivity index (χ2v) is 2.68. The Morgan fingerprint density at radius 2 is 2.33 bits per heavy atom. The van der Waals surface area contributed by atoms with Crippen molar-refractivity contribution in [3.8, 4) is 0 Å². The molecule has 0 unspecified atom stereocenters. The molecule has 0 amide bonds. The zero-order valence-electron chi connectivity index (χ0n) is 7.67. The topological polar surface area (TPSA) is 55.9 Å². The normalized spacial score (nSPS) is 10.6. The van der Waals surface area contributed by atoms with Crippen LogP contribution in [0.4, 0.5) is 0 Å². The van der Waals surface area contributed by atoms with Crippen molar-refractivity contribution in [1.82, 2.24) is 15.2 Å². The first-order valence-electron chi connectivity index (χ1n) is 4.30. The summed E-state index contributed by atoms with van der Waals surface area (Å²) in [6.45, 7) is 5.76. The van der Waals surface area contributed by atoms with Gasteiger partial charge in [0.05, 0.1) is 17.9 Å². The number of rotatable bonds is 4. The average molecular weight is 168 g/mol. The van der Waals surface area contributed by atoms with E-state index in [0.29, 0.717) is 6.54 Å². The van der Waals surface area contributed by atoms with Gasteiger partial charge in [0.15, 0.2) is 0 Å². The Hall–Kier alpha value is -0.870. The lowest BCUT2D eigenvalue weighted by atomic mass is 10.3. The molecule has 12 heavy (non-hydrogen) atoms. The van der Waals surface area contributed by atoms with Crippen molar-refractivity contribution >= 4 is 0 Å². The predicted molar refractivity (Wildman–Crippen MR) is 48.3 cm³/mol. The minimum absolute atomic E-state index is 0.681. The van der Waals surface area contributed by atoms with Crippen molar-refractivity contribution in [2.45, 2.75) is 33.4 Å². The van der Waals surface area contributed by atoms with E-state index in [-0.39, 0.29) is 0 Å². The van der Waals surface area contributed by atoms with E-state index in [2.05, 4.69) is 30.4 Å². The van der Waals surface area contributed by atoms with Gasteiger partial charge < -0.3 is 0 Å². The van der Waals surface area contributed by atoms with Gasteiger partial charge >= 0.3 is 0 Å². The van der Waals surface area contributed by atoms with Crippen LogP contribution in [0.2, 0.25) is 0 Å². The molecule has 1 heterocycles. The van der Waals surface area contributed by atoms with Gasteiger partial charge in [0, 0.05) is 6.54 Å². The molecular weight excluding hydrogens is 152 g/mol. The van der Waals surface area contributed by atoms with E-state index in [0.717, 1.165) is 24.4 Å². The van der Waals surface area contributed by atoms with Crippen LogP contribution in [0.25, 0.3) is 0 Å². The highest BCUT2D eigenvalue weighted by Gasteiger charge is 2.03. The lowest BCUT2D eigenvalue weighted by molar-refractivity contribution is 0.586. The Morgan fingerprint density at radius 3 is 2.83 bits per heavy atom. The van der Waals surface area contributed by atoms with E-state index in [1.54, 1.807) is 0 Å². The number of hydrazine groups is 1. The molecule has 0 aromatic carbocycles. The molecule has 0 aliphatic carbocycles. The second-order valence-electron chi connectivity index (χ2n) is 2.68. The summed E-state index contributed by atoms with van der Waals surface area (Å²) < 4.78 is 1.97. The second kappa shape index (κ2) is 4.23. The number of hydrogen-bond acceptors (Lipinski definition) is 3. The molecule has 0 spiro atoms. The summed E-state index contributed by atoms with van der Waals surface area (Å²) in [5.74, 6) is 5.24. The number of nitrogens with zero attached hydrogens (tertiary/aromatic N) is 2. The Bertz CT molecular complexity index is 241. The van der Waals surface area contributed by atoms with Crippen LogP contribution in [0.1, 0.15) is 25.2 Å². The quantitative estimate of drug-likeness (QED) is 0.506. The third kappa shape index (κ3) is 1.84. The highest BCUT2D eigenvalue weighted by atomic mass is 15.3. The Kier molecular flexibility index (Phi) is 3.25. The maximum absolute atomic E-state index is 5.24. The lowest BCUT2D eigenvalue weighted by Gasteiger charge is -2.01. The minimum atomic E-state index is 0.681. The third-order valence-corrected chi connectivity index (χ3v) is 1.86. The first kappa shape index (κ1) is 9.22. The molecule has 4 heteroatoms. The molecule has 3 N–H and O–H groups in total. The molecule has 1 aromatic rings. The predicted octanol–water partition coefficient (Wildman–Crippen LogP) is 0.429. The summed E-state index contributed by atoms with van der Waals surface area (Å²) in [6.07, 6.45) is 0.977. The van der Waals surface area contributed by atoms with Crippen molar-refractivity contribution < 1.29 is 0 Å². The van der Waals surface area contributed by atoms with Gasteiger partial charge in [0.1, 0.15) is 0 Å². The fraction of sp³-hybridized carbons (Fsp3) is 0.625.